The topological polar surface area (TPSA) is 54.2 Å². The van der Waals surface area contributed by atoms with E-state index in [0.717, 1.165) is 21.5 Å². The minimum absolute atomic E-state index is 0.514. The molecule has 0 saturated carbocycles. The molecule has 0 atom stereocenters. The highest BCUT2D eigenvalue weighted by molar-refractivity contribution is 9.10. The SMILES string of the molecule is CCCN1CCC(Nc2ncc(N)c(C)c2Br)CC1. The minimum Gasteiger partial charge on any atom is -0.397 e. The number of nitrogen functional groups attached to an aromatic ring is 1. The molecule has 1 fully saturated rings. The smallest absolute Gasteiger partial charge is 0.140 e. The van der Waals surface area contributed by atoms with Gasteiger partial charge in [0.25, 0.3) is 0 Å². The van der Waals surface area contributed by atoms with Gasteiger partial charge >= 0.3 is 0 Å². The first-order valence-electron chi connectivity index (χ1n) is 7.01. The largest absolute Gasteiger partial charge is 0.397 e. The molecule has 0 bridgehead atoms. The molecule has 1 aliphatic heterocycles. The Morgan fingerprint density at radius 1 is 1.47 bits per heavy atom. The molecule has 19 heavy (non-hydrogen) atoms. The van der Waals surface area contributed by atoms with Gasteiger partial charge in [-0.15, -0.1) is 0 Å². The second-order valence-corrected chi connectivity index (χ2v) is 6.05. The van der Waals surface area contributed by atoms with Crippen LogP contribution < -0.4 is 11.1 Å². The number of likely N-dealkylation sites (tertiary alicyclic amines) is 1. The van der Waals surface area contributed by atoms with Crippen LogP contribution in [0, 0.1) is 6.92 Å². The summed E-state index contributed by atoms with van der Waals surface area (Å²) >= 11 is 3.58. The summed E-state index contributed by atoms with van der Waals surface area (Å²) in [4.78, 5) is 6.93. The number of nitrogens with zero attached hydrogens (tertiary/aromatic N) is 2. The highest BCUT2D eigenvalue weighted by Crippen LogP contribution is 2.29. The zero-order valence-electron chi connectivity index (χ0n) is 11.7. The molecule has 1 aliphatic rings. The summed E-state index contributed by atoms with van der Waals surface area (Å²) in [6.45, 7) is 7.82. The van der Waals surface area contributed by atoms with Crippen LogP contribution >= 0.6 is 15.9 Å². The van der Waals surface area contributed by atoms with Crippen molar-refractivity contribution in [1.29, 1.82) is 0 Å². The van der Waals surface area contributed by atoms with Crippen molar-refractivity contribution in [2.45, 2.75) is 39.2 Å². The molecule has 1 saturated heterocycles. The van der Waals surface area contributed by atoms with Crippen LogP contribution in [-0.4, -0.2) is 35.6 Å². The Labute approximate surface area is 123 Å². The van der Waals surface area contributed by atoms with Gasteiger partial charge in [-0.1, -0.05) is 6.92 Å². The van der Waals surface area contributed by atoms with Crippen molar-refractivity contribution in [2.24, 2.45) is 0 Å². The molecular weight excluding hydrogens is 304 g/mol. The lowest BCUT2D eigenvalue weighted by Gasteiger charge is -2.32. The molecule has 3 N–H and O–H groups in total. The fourth-order valence-electron chi connectivity index (χ4n) is 2.50. The third-order valence-corrected chi connectivity index (χ3v) is 4.74. The molecule has 0 radical (unpaired) electrons. The Hall–Kier alpha value is -0.810. The number of hydrogen-bond donors (Lipinski definition) is 2. The van der Waals surface area contributed by atoms with Gasteiger partial charge in [-0.25, -0.2) is 4.98 Å². The van der Waals surface area contributed by atoms with E-state index in [1.165, 1.54) is 38.9 Å². The lowest BCUT2D eigenvalue weighted by molar-refractivity contribution is 0.219. The van der Waals surface area contributed by atoms with Crippen LogP contribution in [0.3, 0.4) is 0 Å². The fraction of sp³-hybridized carbons (Fsp3) is 0.643. The average molecular weight is 327 g/mol. The summed E-state index contributed by atoms with van der Waals surface area (Å²) in [6.07, 6.45) is 5.33. The normalized spacial score (nSPS) is 17.6. The maximum absolute atomic E-state index is 5.85. The summed E-state index contributed by atoms with van der Waals surface area (Å²) in [5.41, 5.74) is 7.64. The summed E-state index contributed by atoms with van der Waals surface area (Å²) < 4.78 is 0.989. The minimum atomic E-state index is 0.514. The maximum Gasteiger partial charge on any atom is 0.140 e. The number of nitrogens with one attached hydrogen (secondary N) is 1. The summed E-state index contributed by atoms with van der Waals surface area (Å²) in [5.74, 6) is 0.917. The Balaban J connectivity index is 1.94. The van der Waals surface area contributed by atoms with E-state index in [2.05, 4.69) is 38.1 Å². The molecule has 4 nitrogen and oxygen atoms in total. The lowest BCUT2D eigenvalue weighted by Crippen LogP contribution is -2.39. The van der Waals surface area contributed by atoms with Crippen molar-refractivity contribution in [2.75, 3.05) is 30.7 Å². The van der Waals surface area contributed by atoms with Crippen LogP contribution in [0.5, 0.6) is 0 Å². The molecule has 0 aliphatic carbocycles. The third kappa shape index (κ3) is 3.60. The molecular formula is C14H23BrN4. The molecule has 0 aromatic carbocycles. The van der Waals surface area contributed by atoms with Gasteiger partial charge < -0.3 is 16.0 Å². The zero-order valence-corrected chi connectivity index (χ0v) is 13.3. The first-order valence-corrected chi connectivity index (χ1v) is 7.80. The Bertz CT molecular complexity index is 428. The fourth-order valence-corrected chi connectivity index (χ4v) is 2.95. The number of pyridine rings is 1. The molecule has 2 heterocycles. The lowest BCUT2D eigenvalue weighted by atomic mass is 10.0. The van der Waals surface area contributed by atoms with E-state index < -0.39 is 0 Å². The molecule has 5 heteroatoms. The first-order chi connectivity index (χ1) is 9.11. The molecule has 1 aromatic rings. The van der Waals surface area contributed by atoms with Crippen LogP contribution in [0.15, 0.2) is 10.7 Å². The number of halogens is 1. The van der Waals surface area contributed by atoms with Gasteiger partial charge in [0.05, 0.1) is 16.4 Å². The van der Waals surface area contributed by atoms with Gasteiger partial charge in [0, 0.05) is 19.1 Å². The van der Waals surface area contributed by atoms with E-state index in [-0.39, 0.29) is 0 Å². The average Bonchev–Trinajstić information content (AvgIpc) is 2.42. The first kappa shape index (κ1) is 14.6. The van der Waals surface area contributed by atoms with E-state index in [9.17, 15) is 0 Å². The van der Waals surface area contributed by atoms with Crippen LogP contribution in [-0.2, 0) is 0 Å². The molecule has 0 amide bonds. The standard InChI is InChI=1S/C14H23BrN4/c1-3-6-19-7-4-11(5-8-19)18-14-13(15)10(2)12(16)9-17-14/h9,11H,3-8,16H2,1-2H3,(H,17,18). The predicted molar refractivity (Wildman–Crippen MR) is 84.5 cm³/mol. The Morgan fingerprint density at radius 2 is 2.16 bits per heavy atom. The van der Waals surface area contributed by atoms with Crippen molar-refractivity contribution in [1.82, 2.24) is 9.88 Å². The third-order valence-electron chi connectivity index (χ3n) is 3.77. The van der Waals surface area contributed by atoms with Crippen LogP contribution in [0.4, 0.5) is 11.5 Å². The van der Waals surface area contributed by atoms with E-state index >= 15 is 0 Å². The van der Waals surface area contributed by atoms with Crippen LogP contribution in [0.25, 0.3) is 0 Å². The van der Waals surface area contributed by atoms with Crippen molar-refractivity contribution in [3.63, 3.8) is 0 Å². The van der Waals surface area contributed by atoms with Gasteiger partial charge in [-0.2, -0.15) is 0 Å². The van der Waals surface area contributed by atoms with Gasteiger partial charge in [0.2, 0.25) is 0 Å². The summed E-state index contributed by atoms with van der Waals surface area (Å²) in [7, 11) is 0. The van der Waals surface area contributed by atoms with Gasteiger partial charge in [0.1, 0.15) is 5.82 Å². The second kappa shape index (κ2) is 6.57. The van der Waals surface area contributed by atoms with Crippen molar-refractivity contribution < 1.29 is 0 Å². The van der Waals surface area contributed by atoms with Gasteiger partial charge in [-0.3, -0.25) is 0 Å². The van der Waals surface area contributed by atoms with Crippen molar-refractivity contribution >= 4 is 27.4 Å². The number of hydrogen-bond acceptors (Lipinski definition) is 4. The number of anilines is 2. The Kier molecular flexibility index (Phi) is 5.05. The Morgan fingerprint density at radius 3 is 2.79 bits per heavy atom. The monoisotopic (exact) mass is 326 g/mol. The van der Waals surface area contributed by atoms with E-state index in [0.29, 0.717) is 6.04 Å². The van der Waals surface area contributed by atoms with Crippen molar-refractivity contribution in [3.05, 3.63) is 16.2 Å². The number of aromatic nitrogens is 1. The molecule has 106 valence electrons. The second-order valence-electron chi connectivity index (χ2n) is 5.26. The number of nitrogens with two attached hydrogens (primary N) is 1. The quantitative estimate of drug-likeness (QED) is 0.893. The summed E-state index contributed by atoms with van der Waals surface area (Å²) in [5, 5.41) is 3.54. The predicted octanol–water partition coefficient (Wildman–Crippen LogP) is 3.02. The van der Waals surface area contributed by atoms with Gasteiger partial charge in [-0.05, 0) is 54.2 Å². The van der Waals surface area contributed by atoms with E-state index in [1.54, 1.807) is 6.20 Å². The van der Waals surface area contributed by atoms with Crippen molar-refractivity contribution in [3.8, 4) is 0 Å². The molecule has 0 spiro atoms. The maximum atomic E-state index is 5.85. The highest BCUT2D eigenvalue weighted by atomic mass is 79.9. The molecule has 1 aromatic heterocycles. The molecule has 0 unspecified atom stereocenters. The van der Waals surface area contributed by atoms with Gasteiger partial charge in [0.15, 0.2) is 0 Å². The number of piperidine rings is 1. The van der Waals surface area contributed by atoms with E-state index in [4.69, 9.17) is 5.73 Å². The highest BCUT2D eigenvalue weighted by Gasteiger charge is 2.19. The summed E-state index contributed by atoms with van der Waals surface area (Å²) in [6, 6.07) is 0.514. The number of rotatable bonds is 4. The van der Waals surface area contributed by atoms with E-state index in [1.807, 2.05) is 6.92 Å². The molecule has 2 rings (SSSR count). The van der Waals surface area contributed by atoms with Crippen LogP contribution in [0.2, 0.25) is 0 Å². The van der Waals surface area contributed by atoms with Crippen LogP contribution in [0.1, 0.15) is 31.7 Å². The zero-order chi connectivity index (χ0) is 13.8.